The van der Waals surface area contributed by atoms with Crippen molar-refractivity contribution in [1.29, 1.82) is 0 Å². The molecule has 0 bridgehead atoms. The number of benzene rings is 1. The molecule has 0 unspecified atom stereocenters. The highest BCUT2D eigenvalue weighted by atomic mass is 35.5. The fourth-order valence-corrected chi connectivity index (χ4v) is 4.97. The van der Waals surface area contributed by atoms with Crippen LogP contribution in [0.4, 0.5) is 0 Å². The summed E-state index contributed by atoms with van der Waals surface area (Å²) in [5.74, 6) is -0.549. The largest absolute Gasteiger partial charge is 0.284 e. The molecule has 3 aromatic rings. The Morgan fingerprint density at radius 2 is 1.48 bits per heavy atom. The van der Waals surface area contributed by atoms with Gasteiger partial charge in [0.2, 0.25) is 0 Å². The quantitative estimate of drug-likeness (QED) is 0.638. The van der Waals surface area contributed by atoms with Gasteiger partial charge in [0.05, 0.1) is 32.7 Å². The molecule has 0 aliphatic rings. The summed E-state index contributed by atoms with van der Waals surface area (Å²) in [6, 6.07) is 5.76. The van der Waals surface area contributed by atoms with Crippen LogP contribution < -0.4 is 0 Å². The Bertz CT molecular complexity index is 1180. The summed E-state index contributed by atoms with van der Waals surface area (Å²) >= 11 is 12.3. The third-order valence-corrected chi connectivity index (χ3v) is 6.38. The molecule has 10 heteroatoms. The second kappa shape index (κ2) is 6.78. The molecule has 7 nitrogen and oxygen atoms in total. The molecule has 0 amide bonds. The molecule has 0 saturated heterocycles. The van der Waals surface area contributed by atoms with Crippen molar-refractivity contribution in [3.05, 3.63) is 62.6 Å². The first kappa shape index (κ1) is 19.6. The third-order valence-electron chi connectivity index (χ3n) is 3.93. The van der Waals surface area contributed by atoms with Crippen molar-refractivity contribution in [1.82, 2.24) is 19.0 Å². The van der Waals surface area contributed by atoms with Gasteiger partial charge in [0.25, 0.3) is 15.9 Å². The molecular weight excluding hydrogens is 411 g/mol. The number of aromatic nitrogens is 4. The van der Waals surface area contributed by atoms with Gasteiger partial charge in [-0.25, -0.2) is 4.68 Å². The highest BCUT2D eigenvalue weighted by Crippen LogP contribution is 2.31. The van der Waals surface area contributed by atoms with Crippen LogP contribution in [0.25, 0.3) is 0 Å². The van der Waals surface area contributed by atoms with Crippen LogP contribution in [0.5, 0.6) is 0 Å². The van der Waals surface area contributed by atoms with E-state index in [-0.39, 0.29) is 20.5 Å². The van der Waals surface area contributed by atoms with Gasteiger partial charge in [-0.15, -0.1) is 0 Å². The molecule has 0 atom stereocenters. The lowest BCUT2D eigenvalue weighted by Gasteiger charge is -2.12. The topological polar surface area (TPSA) is 86.9 Å². The van der Waals surface area contributed by atoms with Crippen LogP contribution in [0, 0.1) is 27.7 Å². The van der Waals surface area contributed by atoms with Crippen LogP contribution in [0.15, 0.2) is 29.2 Å². The number of hydrogen-bond acceptors (Lipinski definition) is 5. The summed E-state index contributed by atoms with van der Waals surface area (Å²) < 4.78 is 28.1. The molecule has 0 saturated carbocycles. The van der Waals surface area contributed by atoms with Crippen molar-refractivity contribution >= 4 is 39.1 Å². The first-order valence-electron chi connectivity index (χ1n) is 7.88. The maximum atomic E-state index is 13.0. The van der Waals surface area contributed by atoms with Crippen LogP contribution in [0.3, 0.4) is 0 Å². The standard InChI is InChI=1S/C17H16Cl2N4O3S/c1-9-5-11(3)22(20-9)17(24)13-7-16(15(19)8-14(13)18)27(25,26)23-12(4)6-10(2)21-23/h5-8H,1-4H3. The van der Waals surface area contributed by atoms with E-state index in [0.717, 1.165) is 10.2 Å². The second-order valence-corrected chi connectivity index (χ2v) is 8.73. The van der Waals surface area contributed by atoms with Crippen molar-refractivity contribution in [3.63, 3.8) is 0 Å². The maximum Gasteiger partial charge on any atom is 0.284 e. The van der Waals surface area contributed by atoms with E-state index in [1.54, 1.807) is 39.8 Å². The molecule has 2 aromatic heterocycles. The normalized spacial score (nSPS) is 11.8. The Kier molecular flexibility index (Phi) is 4.92. The van der Waals surface area contributed by atoms with E-state index in [1.165, 1.54) is 10.7 Å². The maximum absolute atomic E-state index is 13.0. The number of halogens is 2. The molecule has 0 spiro atoms. The van der Waals surface area contributed by atoms with E-state index in [4.69, 9.17) is 23.2 Å². The first-order chi connectivity index (χ1) is 12.5. The lowest BCUT2D eigenvalue weighted by molar-refractivity contribution is 0.0942. The van der Waals surface area contributed by atoms with Crippen molar-refractivity contribution in [3.8, 4) is 0 Å². The molecule has 0 aliphatic heterocycles. The van der Waals surface area contributed by atoms with Gasteiger partial charge in [0.15, 0.2) is 0 Å². The molecule has 2 heterocycles. The van der Waals surface area contributed by atoms with Crippen molar-refractivity contribution < 1.29 is 13.2 Å². The summed E-state index contributed by atoms with van der Waals surface area (Å²) in [5.41, 5.74) is 2.20. The van der Waals surface area contributed by atoms with Crippen LogP contribution >= 0.6 is 23.2 Å². The fraction of sp³-hybridized carbons (Fsp3) is 0.235. The fourth-order valence-electron chi connectivity index (χ4n) is 2.78. The summed E-state index contributed by atoms with van der Waals surface area (Å²) in [6.45, 7) is 6.76. The molecular formula is C17H16Cl2N4O3S. The molecule has 1 aromatic carbocycles. The van der Waals surface area contributed by atoms with E-state index in [1.807, 2.05) is 0 Å². The minimum Gasteiger partial charge on any atom is -0.267 e. The second-order valence-electron chi connectivity index (χ2n) is 6.18. The van der Waals surface area contributed by atoms with Crippen LogP contribution in [0.1, 0.15) is 33.1 Å². The van der Waals surface area contributed by atoms with Crippen LogP contribution in [-0.4, -0.2) is 33.3 Å². The minimum absolute atomic E-state index is 0.0210. The van der Waals surface area contributed by atoms with E-state index >= 15 is 0 Å². The molecule has 27 heavy (non-hydrogen) atoms. The third kappa shape index (κ3) is 3.40. The molecule has 0 N–H and O–H groups in total. The number of hydrogen-bond donors (Lipinski definition) is 0. The van der Waals surface area contributed by atoms with Crippen LogP contribution in [-0.2, 0) is 10.0 Å². The predicted octanol–water partition coefficient (Wildman–Crippen LogP) is 3.55. The van der Waals surface area contributed by atoms with Crippen molar-refractivity contribution in [2.45, 2.75) is 32.6 Å². The number of carbonyl (C=O) groups excluding carboxylic acids is 1. The Morgan fingerprint density at radius 1 is 0.889 bits per heavy atom. The van der Waals surface area contributed by atoms with E-state index < -0.39 is 15.9 Å². The SMILES string of the molecule is Cc1cc(C)n(C(=O)c2cc(S(=O)(=O)n3nc(C)cc3C)c(Cl)cc2Cl)n1. The van der Waals surface area contributed by atoms with Gasteiger partial charge >= 0.3 is 0 Å². The number of aryl methyl sites for hydroxylation is 4. The zero-order chi connectivity index (χ0) is 20.1. The monoisotopic (exact) mass is 426 g/mol. The van der Waals surface area contributed by atoms with Gasteiger partial charge in [-0.1, -0.05) is 23.2 Å². The van der Waals surface area contributed by atoms with Gasteiger partial charge in [0, 0.05) is 5.69 Å². The molecule has 0 radical (unpaired) electrons. The van der Waals surface area contributed by atoms with Gasteiger partial charge in [-0.2, -0.15) is 22.7 Å². The van der Waals surface area contributed by atoms with Gasteiger partial charge in [-0.3, -0.25) is 4.79 Å². The van der Waals surface area contributed by atoms with Gasteiger partial charge in [0.1, 0.15) is 4.90 Å². The Balaban J connectivity index is 2.19. The Labute approximate surface area is 166 Å². The molecule has 142 valence electrons. The Hall–Kier alpha value is -2.16. The molecule has 0 fully saturated rings. The van der Waals surface area contributed by atoms with Crippen molar-refractivity contribution in [2.24, 2.45) is 0 Å². The average molecular weight is 427 g/mol. The van der Waals surface area contributed by atoms with Gasteiger partial charge < -0.3 is 0 Å². The summed E-state index contributed by atoms with van der Waals surface area (Å²) in [7, 11) is -4.11. The first-order valence-corrected chi connectivity index (χ1v) is 10.1. The summed E-state index contributed by atoms with van der Waals surface area (Å²) in [6.07, 6.45) is 0. The van der Waals surface area contributed by atoms with Crippen molar-refractivity contribution in [2.75, 3.05) is 0 Å². The number of rotatable bonds is 3. The smallest absolute Gasteiger partial charge is 0.267 e. The van der Waals surface area contributed by atoms with E-state index in [2.05, 4.69) is 10.2 Å². The highest BCUT2D eigenvalue weighted by Gasteiger charge is 2.27. The average Bonchev–Trinajstić information content (AvgIpc) is 3.07. The predicted molar refractivity (Wildman–Crippen MR) is 102 cm³/mol. The lowest BCUT2D eigenvalue weighted by atomic mass is 10.2. The highest BCUT2D eigenvalue weighted by molar-refractivity contribution is 7.90. The molecule has 3 rings (SSSR count). The Morgan fingerprint density at radius 3 is 2.00 bits per heavy atom. The molecule has 0 aliphatic carbocycles. The minimum atomic E-state index is -4.11. The lowest BCUT2D eigenvalue weighted by Crippen LogP contribution is -2.19. The zero-order valence-electron chi connectivity index (χ0n) is 15.0. The van der Waals surface area contributed by atoms with E-state index in [0.29, 0.717) is 22.8 Å². The number of nitrogens with zero attached hydrogens (tertiary/aromatic N) is 4. The van der Waals surface area contributed by atoms with Gasteiger partial charge in [-0.05, 0) is 52.0 Å². The van der Waals surface area contributed by atoms with Crippen LogP contribution in [0.2, 0.25) is 10.0 Å². The zero-order valence-corrected chi connectivity index (χ0v) is 17.3. The summed E-state index contributed by atoms with van der Waals surface area (Å²) in [4.78, 5) is 12.6. The summed E-state index contributed by atoms with van der Waals surface area (Å²) in [5, 5.41) is 8.07. The number of carbonyl (C=O) groups is 1. The van der Waals surface area contributed by atoms with E-state index in [9.17, 15) is 13.2 Å².